The Morgan fingerprint density at radius 2 is 1.95 bits per heavy atom. The van der Waals surface area contributed by atoms with Crippen LogP contribution in [0, 0.1) is 5.82 Å². The van der Waals surface area contributed by atoms with Crippen LogP contribution in [0.25, 0.3) is 0 Å². The van der Waals surface area contributed by atoms with Crippen LogP contribution in [0.5, 0.6) is 5.75 Å². The average molecular weight is 285 g/mol. The number of carbonyl (C=O) groups excluding carboxylic acids is 1. The Kier molecular flexibility index (Phi) is 3.37. The Morgan fingerprint density at radius 3 is 2.62 bits per heavy atom. The lowest BCUT2D eigenvalue weighted by molar-refractivity contribution is -0.118. The summed E-state index contributed by atoms with van der Waals surface area (Å²) >= 11 is 0. The summed E-state index contributed by atoms with van der Waals surface area (Å²) in [6, 6.07) is 13.6. The molecule has 0 atom stereocenters. The molecule has 21 heavy (non-hydrogen) atoms. The van der Waals surface area contributed by atoms with E-state index in [2.05, 4.69) is 5.32 Å². The van der Waals surface area contributed by atoms with Crippen LogP contribution >= 0.6 is 0 Å². The first-order valence-corrected chi connectivity index (χ1v) is 6.86. The van der Waals surface area contributed by atoms with Gasteiger partial charge in [0.05, 0.1) is 12.5 Å². The molecule has 2 aromatic carbocycles. The lowest BCUT2D eigenvalue weighted by atomic mass is 9.94. The normalized spacial score (nSPS) is 15.3. The van der Waals surface area contributed by atoms with Crippen LogP contribution in [0.2, 0.25) is 0 Å². The number of methoxy groups -OCH3 is 1. The predicted octanol–water partition coefficient (Wildman–Crippen LogP) is 3.50. The van der Waals surface area contributed by atoms with Gasteiger partial charge in [-0.3, -0.25) is 4.79 Å². The van der Waals surface area contributed by atoms with E-state index in [-0.39, 0.29) is 11.7 Å². The number of halogens is 1. The molecule has 0 bridgehead atoms. The minimum absolute atomic E-state index is 0.166. The van der Waals surface area contributed by atoms with Crippen molar-refractivity contribution in [3.8, 4) is 5.75 Å². The lowest BCUT2D eigenvalue weighted by Crippen LogP contribution is -2.28. The number of anilines is 1. The molecule has 0 saturated heterocycles. The number of benzene rings is 2. The van der Waals surface area contributed by atoms with E-state index in [0.717, 1.165) is 0 Å². The fourth-order valence-electron chi connectivity index (χ4n) is 2.54. The van der Waals surface area contributed by atoms with Gasteiger partial charge in [0.15, 0.2) is 0 Å². The van der Waals surface area contributed by atoms with Crippen molar-refractivity contribution in [3.63, 3.8) is 0 Å². The van der Waals surface area contributed by atoms with E-state index in [1.807, 2.05) is 0 Å². The van der Waals surface area contributed by atoms with E-state index in [4.69, 9.17) is 4.74 Å². The van der Waals surface area contributed by atoms with Gasteiger partial charge in [0.1, 0.15) is 11.6 Å². The Morgan fingerprint density at radius 1 is 1.19 bits per heavy atom. The highest BCUT2D eigenvalue weighted by Gasteiger charge is 2.52. The number of hydrogen-bond donors (Lipinski definition) is 1. The minimum atomic E-state index is -0.728. The van der Waals surface area contributed by atoms with Gasteiger partial charge in [-0.25, -0.2) is 4.39 Å². The van der Waals surface area contributed by atoms with Gasteiger partial charge in [0.25, 0.3) is 0 Å². The molecule has 0 aliphatic heterocycles. The molecule has 1 amide bonds. The number of rotatable bonds is 4. The summed E-state index contributed by atoms with van der Waals surface area (Å²) in [5.41, 5.74) is 0.404. The van der Waals surface area contributed by atoms with Crippen molar-refractivity contribution in [1.29, 1.82) is 0 Å². The van der Waals surface area contributed by atoms with Gasteiger partial charge in [0, 0.05) is 17.3 Å². The highest BCUT2D eigenvalue weighted by Crippen LogP contribution is 2.49. The highest BCUT2D eigenvalue weighted by molar-refractivity contribution is 6.01. The molecule has 2 aromatic rings. The molecule has 3 rings (SSSR count). The third-order valence-electron chi connectivity index (χ3n) is 3.90. The SMILES string of the molecule is COc1cccc(NC(=O)C2(c3ccccc3F)CC2)c1. The summed E-state index contributed by atoms with van der Waals surface area (Å²) in [5, 5.41) is 2.86. The van der Waals surface area contributed by atoms with Crippen molar-refractivity contribution in [2.24, 2.45) is 0 Å². The summed E-state index contributed by atoms with van der Waals surface area (Å²) in [6.45, 7) is 0. The molecule has 108 valence electrons. The molecular formula is C17H16FNO2. The van der Waals surface area contributed by atoms with Crippen molar-refractivity contribution < 1.29 is 13.9 Å². The maximum Gasteiger partial charge on any atom is 0.235 e. The number of nitrogens with one attached hydrogen (secondary N) is 1. The van der Waals surface area contributed by atoms with Crippen LogP contribution in [0.1, 0.15) is 18.4 Å². The van der Waals surface area contributed by atoms with Crippen LogP contribution in [-0.2, 0) is 10.2 Å². The van der Waals surface area contributed by atoms with E-state index in [1.165, 1.54) is 6.07 Å². The van der Waals surface area contributed by atoms with Crippen LogP contribution in [0.4, 0.5) is 10.1 Å². The Labute approximate surface area is 122 Å². The molecule has 4 heteroatoms. The second kappa shape index (κ2) is 5.20. The number of amides is 1. The summed E-state index contributed by atoms with van der Waals surface area (Å²) in [4.78, 5) is 12.5. The van der Waals surface area contributed by atoms with Gasteiger partial charge < -0.3 is 10.1 Å². The van der Waals surface area contributed by atoms with Crippen molar-refractivity contribution >= 4 is 11.6 Å². The van der Waals surface area contributed by atoms with Crippen molar-refractivity contribution in [2.75, 3.05) is 12.4 Å². The second-order valence-corrected chi connectivity index (χ2v) is 5.25. The zero-order chi connectivity index (χ0) is 14.9. The summed E-state index contributed by atoms with van der Waals surface area (Å²) in [6.07, 6.45) is 1.34. The van der Waals surface area contributed by atoms with Gasteiger partial charge in [-0.15, -0.1) is 0 Å². The van der Waals surface area contributed by atoms with Crippen LogP contribution in [0.15, 0.2) is 48.5 Å². The van der Waals surface area contributed by atoms with Crippen molar-refractivity contribution in [3.05, 3.63) is 59.9 Å². The summed E-state index contributed by atoms with van der Waals surface area (Å²) in [5.74, 6) is 0.181. The van der Waals surface area contributed by atoms with E-state index < -0.39 is 5.41 Å². The molecule has 0 radical (unpaired) electrons. The maximum atomic E-state index is 13.9. The molecule has 1 fully saturated rings. The van der Waals surface area contributed by atoms with E-state index in [9.17, 15) is 9.18 Å². The first-order valence-electron chi connectivity index (χ1n) is 6.86. The third kappa shape index (κ3) is 2.49. The molecule has 0 unspecified atom stereocenters. The third-order valence-corrected chi connectivity index (χ3v) is 3.90. The Balaban J connectivity index is 1.84. The predicted molar refractivity (Wildman–Crippen MR) is 78.9 cm³/mol. The molecular weight excluding hydrogens is 269 g/mol. The smallest absolute Gasteiger partial charge is 0.235 e. The maximum absolute atomic E-state index is 13.9. The van der Waals surface area contributed by atoms with E-state index in [1.54, 1.807) is 49.6 Å². The zero-order valence-corrected chi connectivity index (χ0v) is 11.7. The minimum Gasteiger partial charge on any atom is -0.497 e. The van der Waals surface area contributed by atoms with Crippen molar-refractivity contribution in [2.45, 2.75) is 18.3 Å². The van der Waals surface area contributed by atoms with E-state index >= 15 is 0 Å². The van der Waals surface area contributed by atoms with Crippen LogP contribution in [0.3, 0.4) is 0 Å². The largest absolute Gasteiger partial charge is 0.497 e. The number of carbonyl (C=O) groups is 1. The molecule has 3 nitrogen and oxygen atoms in total. The molecule has 1 aliphatic rings. The first kappa shape index (κ1) is 13.6. The molecule has 0 spiro atoms. The Hall–Kier alpha value is -2.36. The van der Waals surface area contributed by atoms with Gasteiger partial charge in [-0.05, 0) is 31.0 Å². The first-order chi connectivity index (χ1) is 10.2. The second-order valence-electron chi connectivity index (χ2n) is 5.25. The van der Waals surface area contributed by atoms with Crippen LogP contribution < -0.4 is 10.1 Å². The molecule has 0 aromatic heterocycles. The highest BCUT2D eigenvalue weighted by atomic mass is 19.1. The molecule has 1 N–H and O–H groups in total. The molecule has 0 heterocycles. The molecule has 1 saturated carbocycles. The van der Waals surface area contributed by atoms with Gasteiger partial charge in [-0.2, -0.15) is 0 Å². The summed E-state index contributed by atoms with van der Waals surface area (Å²) < 4.78 is 19.1. The van der Waals surface area contributed by atoms with Crippen LogP contribution in [-0.4, -0.2) is 13.0 Å². The standard InChI is InChI=1S/C17H16FNO2/c1-21-13-6-4-5-12(11-13)19-16(20)17(9-10-17)14-7-2-3-8-15(14)18/h2-8,11H,9-10H2,1H3,(H,19,20). The fraction of sp³-hybridized carbons (Fsp3) is 0.235. The average Bonchev–Trinajstić information content (AvgIpc) is 3.29. The zero-order valence-electron chi connectivity index (χ0n) is 11.7. The van der Waals surface area contributed by atoms with Gasteiger partial charge >= 0.3 is 0 Å². The number of hydrogen-bond acceptors (Lipinski definition) is 2. The van der Waals surface area contributed by atoms with E-state index in [0.29, 0.717) is 29.8 Å². The monoisotopic (exact) mass is 285 g/mol. The van der Waals surface area contributed by atoms with Gasteiger partial charge in [-0.1, -0.05) is 24.3 Å². The molecule has 1 aliphatic carbocycles. The quantitative estimate of drug-likeness (QED) is 0.933. The fourth-order valence-corrected chi connectivity index (χ4v) is 2.54. The topological polar surface area (TPSA) is 38.3 Å². The summed E-state index contributed by atoms with van der Waals surface area (Å²) in [7, 11) is 1.57. The number of ether oxygens (including phenoxy) is 1. The van der Waals surface area contributed by atoms with Gasteiger partial charge in [0.2, 0.25) is 5.91 Å². The van der Waals surface area contributed by atoms with Crippen molar-refractivity contribution in [1.82, 2.24) is 0 Å². The lowest BCUT2D eigenvalue weighted by Gasteiger charge is -2.16. The Bertz CT molecular complexity index is 680.